The van der Waals surface area contributed by atoms with Crippen LogP contribution >= 0.6 is 0 Å². The molecule has 10 heteroatoms. The molecule has 0 aliphatic carbocycles. The van der Waals surface area contributed by atoms with Crippen LogP contribution in [0.2, 0.25) is 0 Å². The summed E-state index contributed by atoms with van der Waals surface area (Å²) in [6.45, 7) is 3.50. The van der Waals surface area contributed by atoms with E-state index in [1.807, 2.05) is 6.92 Å². The van der Waals surface area contributed by atoms with Crippen molar-refractivity contribution in [1.82, 2.24) is 9.88 Å². The van der Waals surface area contributed by atoms with Gasteiger partial charge in [0.2, 0.25) is 11.8 Å². The molecular weight excluding hydrogens is 444 g/mol. The number of aromatic nitrogens is 1. The highest BCUT2D eigenvalue weighted by molar-refractivity contribution is 5.98. The zero-order valence-corrected chi connectivity index (χ0v) is 19.1. The first-order chi connectivity index (χ1) is 16.1. The van der Waals surface area contributed by atoms with Crippen molar-refractivity contribution in [1.29, 1.82) is 5.26 Å². The quantitative estimate of drug-likeness (QED) is 0.641. The highest BCUT2D eigenvalue weighted by Gasteiger charge is 2.43. The maximum atomic E-state index is 13.1. The summed E-state index contributed by atoms with van der Waals surface area (Å²) in [4.78, 5) is 18.6. The summed E-state index contributed by atoms with van der Waals surface area (Å²) in [5, 5.41) is 12.5. The number of ether oxygens (including phenoxy) is 2. The number of likely N-dealkylation sites (tertiary alicyclic amines) is 1. The number of nitrogens with one attached hydrogen (secondary N) is 1. The van der Waals surface area contributed by atoms with Crippen LogP contribution in [0.3, 0.4) is 0 Å². The number of carbonyl (C=O) groups is 1. The minimum absolute atomic E-state index is 0.143. The Morgan fingerprint density at radius 1 is 1.38 bits per heavy atom. The standard InChI is InChI=1S/C24H25F2N5O3/c1-13-10-29-23(34-7-6-31-11-24(25,26)12-31)20-19(18(22(28)32)14(2)30-21(13)20)16-5-4-15(9-27)8-17(16)33-3/h4-5,8,10,19,30H,6-7,11-12H2,1-3H3,(H2,28,32)/t19-/m1/s1. The monoisotopic (exact) mass is 469 g/mol. The molecule has 1 fully saturated rings. The zero-order valence-electron chi connectivity index (χ0n) is 19.1. The first-order valence-corrected chi connectivity index (χ1v) is 10.7. The third-order valence-corrected chi connectivity index (χ3v) is 6.06. The van der Waals surface area contributed by atoms with Crippen molar-refractivity contribution in [3.05, 3.63) is 57.9 Å². The topological polar surface area (TPSA) is 113 Å². The van der Waals surface area contributed by atoms with Gasteiger partial charge in [-0.25, -0.2) is 13.8 Å². The lowest BCUT2D eigenvalue weighted by Crippen LogP contribution is -2.57. The van der Waals surface area contributed by atoms with Crippen molar-refractivity contribution in [2.45, 2.75) is 25.7 Å². The Labute approximate surface area is 196 Å². The van der Waals surface area contributed by atoms with Gasteiger partial charge in [-0.3, -0.25) is 9.69 Å². The highest BCUT2D eigenvalue weighted by Crippen LogP contribution is 2.48. The van der Waals surface area contributed by atoms with E-state index in [4.69, 9.17) is 15.2 Å². The largest absolute Gasteiger partial charge is 0.496 e. The Morgan fingerprint density at radius 3 is 2.74 bits per heavy atom. The van der Waals surface area contributed by atoms with E-state index in [9.17, 15) is 18.8 Å². The number of benzene rings is 1. The number of hydrogen-bond acceptors (Lipinski definition) is 7. The number of methoxy groups -OCH3 is 1. The number of halogens is 2. The fraction of sp³-hybridized carbons (Fsp3) is 0.375. The molecule has 1 atom stereocenters. The molecule has 4 rings (SSSR count). The molecule has 1 amide bonds. The highest BCUT2D eigenvalue weighted by atomic mass is 19.3. The Hall–Kier alpha value is -3.71. The van der Waals surface area contributed by atoms with Crippen LogP contribution in [0.5, 0.6) is 11.6 Å². The molecule has 0 radical (unpaired) electrons. The van der Waals surface area contributed by atoms with Gasteiger partial charge in [0.25, 0.3) is 5.92 Å². The fourth-order valence-corrected chi connectivity index (χ4v) is 4.47. The molecule has 0 bridgehead atoms. The van der Waals surface area contributed by atoms with Crippen molar-refractivity contribution < 1.29 is 23.0 Å². The van der Waals surface area contributed by atoms with Crippen molar-refractivity contribution in [3.63, 3.8) is 0 Å². The number of amides is 1. The lowest BCUT2D eigenvalue weighted by molar-refractivity contribution is -0.132. The van der Waals surface area contributed by atoms with Gasteiger partial charge in [-0.2, -0.15) is 5.26 Å². The number of anilines is 1. The number of fused-ring (bicyclic) bond motifs is 1. The van der Waals surface area contributed by atoms with Crippen LogP contribution in [0.15, 0.2) is 35.7 Å². The number of carbonyl (C=O) groups excluding carboxylic acids is 1. The molecule has 0 spiro atoms. The second kappa shape index (κ2) is 8.91. The first-order valence-electron chi connectivity index (χ1n) is 10.7. The summed E-state index contributed by atoms with van der Waals surface area (Å²) in [5.41, 5.74) is 9.86. The van der Waals surface area contributed by atoms with E-state index >= 15 is 0 Å². The Balaban J connectivity index is 1.78. The van der Waals surface area contributed by atoms with E-state index in [-0.39, 0.29) is 25.6 Å². The molecule has 1 aromatic heterocycles. The van der Waals surface area contributed by atoms with Gasteiger partial charge in [-0.15, -0.1) is 0 Å². The molecule has 2 aliphatic heterocycles. The number of primary amides is 1. The summed E-state index contributed by atoms with van der Waals surface area (Å²) in [7, 11) is 1.48. The summed E-state index contributed by atoms with van der Waals surface area (Å²) >= 11 is 0. The molecule has 8 nitrogen and oxygen atoms in total. The summed E-state index contributed by atoms with van der Waals surface area (Å²) in [6, 6.07) is 7.04. The average molecular weight is 469 g/mol. The number of allylic oxidation sites excluding steroid dienone is 1. The minimum Gasteiger partial charge on any atom is -0.496 e. The van der Waals surface area contributed by atoms with Crippen LogP contribution in [0.1, 0.15) is 35.1 Å². The van der Waals surface area contributed by atoms with E-state index in [0.717, 1.165) is 11.3 Å². The van der Waals surface area contributed by atoms with Crippen molar-refractivity contribution >= 4 is 11.6 Å². The molecule has 2 aromatic rings. The van der Waals surface area contributed by atoms with E-state index in [2.05, 4.69) is 16.4 Å². The maximum Gasteiger partial charge on any atom is 0.272 e. The van der Waals surface area contributed by atoms with Gasteiger partial charge in [0, 0.05) is 29.6 Å². The summed E-state index contributed by atoms with van der Waals surface area (Å²) in [5.74, 6) is -3.27. The number of pyridine rings is 1. The van der Waals surface area contributed by atoms with E-state index < -0.39 is 17.7 Å². The van der Waals surface area contributed by atoms with Gasteiger partial charge in [-0.05, 0) is 31.5 Å². The number of nitrogens with two attached hydrogens (primary N) is 1. The van der Waals surface area contributed by atoms with Gasteiger partial charge in [0.15, 0.2) is 0 Å². The molecule has 1 aromatic carbocycles. The molecule has 1 saturated heterocycles. The molecule has 0 saturated carbocycles. The third-order valence-electron chi connectivity index (χ3n) is 6.06. The average Bonchev–Trinajstić information content (AvgIpc) is 2.78. The van der Waals surface area contributed by atoms with E-state index in [0.29, 0.717) is 40.3 Å². The van der Waals surface area contributed by atoms with Gasteiger partial charge >= 0.3 is 0 Å². The number of rotatable bonds is 7. The van der Waals surface area contributed by atoms with Gasteiger partial charge in [0.1, 0.15) is 12.4 Å². The molecular formula is C24H25F2N5O3. The van der Waals surface area contributed by atoms with E-state index in [1.165, 1.54) is 7.11 Å². The molecule has 178 valence electrons. The fourth-order valence-electron chi connectivity index (χ4n) is 4.47. The van der Waals surface area contributed by atoms with Crippen molar-refractivity contribution in [2.24, 2.45) is 5.73 Å². The van der Waals surface area contributed by atoms with Gasteiger partial charge < -0.3 is 20.5 Å². The van der Waals surface area contributed by atoms with Crippen LogP contribution in [0, 0.1) is 18.3 Å². The van der Waals surface area contributed by atoms with Crippen molar-refractivity contribution in [2.75, 3.05) is 38.7 Å². The summed E-state index contributed by atoms with van der Waals surface area (Å²) in [6.07, 6.45) is 1.65. The summed E-state index contributed by atoms with van der Waals surface area (Å²) < 4.78 is 37.8. The van der Waals surface area contributed by atoms with Crippen LogP contribution in [-0.2, 0) is 4.79 Å². The molecule has 34 heavy (non-hydrogen) atoms. The predicted molar refractivity (Wildman–Crippen MR) is 121 cm³/mol. The minimum atomic E-state index is -2.65. The Kier molecular flexibility index (Phi) is 6.15. The third kappa shape index (κ3) is 4.26. The van der Waals surface area contributed by atoms with Crippen LogP contribution in [0.4, 0.5) is 14.5 Å². The van der Waals surface area contributed by atoms with Crippen LogP contribution < -0.4 is 20.5 Å². The second-order valence-corrected chi connectivity index (χ2v) is 8.48. The molecule has 2 aliphatic rings. The lowest BCUT2D eigenvalue weighted by atomic mass is 9.79. The SMILES string of the molecule is COc1cc(C#N)ccc1[C@@H]1C(C(N)=O)=C(C)Nc2c(C)cnc(OCCN3CC(F)(F)C3)c21. The Bertz CT molecular complexity index is 1210. The van der Waals surface area contributed by atoms with Crippen LogP contribution in [0.25, 0.3) is 0 Å². The van der Waals surface area contributed by atoms with Gasteiger partial charge in [-0.1, -0.05) is 6.07 Å². The number of hydrogen-bond donors (Lipinski definition) is 2. The molecule has 3 heterocycles. The maximum absolute atomic E-state index is 13.1. The normalized spacial score (nSPS) is 18.9. The smallest absolute Gasteiger partial charge is 0.272 e. The van der Waals surface area contributed by atoms with Crippen LogP contribution in [-0.4, -0.2) is 55.1 Å². The second-order valence-electron chi connectivity index (χ2n) is 8.48. The molecule has 3 N–H and O–H groups in total. The number of alkyl halides is 2. The van der Waals surface area contributed by atoms with Gasteiger partial charge in [0.05, 0.1) is 49.0 Å². The molecule has 0 unspecified atom stereocenters. The number of nitrogens with zero attached hydrogens (tertiary/aromatic N) is 3. The van der Waals surface area contributed by atoms with Crippen molar-refractivity contribution in [3.8, 4) is 17.7 Å². The zero-order chi connectivity index (χ0) is 24.6. The first kappa shape index (κ1) is 23.4. The Morgan fingerprint density at radius 2 is 2.12 bits per heavy atom. The lowest BCUT2D eigenvalue weighted by Gasteiger charge is -2.38. The predicted octanol–water partition coefficient (Wildman–Crippen LogP) is 2.92. The van der Waals surface area contributed by atoms with E-state index in [1.54, 1.807) is 36.2 Å². The number of nitriles is 1. The number of aryl methyl sites for hydroxylation is 1.